The molecule has 0 spiro atoms. The summed E-state index contributed by atoms with van der Waals surface area (Å²) in [6.45, 7) is 0. The Labute approximate surface area is 64.3 Å². The van der Waals surface area contributed by atoms with Crippen LogP contribution in [0.2, 0.25) is 0 Å². The van der Waals surface area contributed by atoms with Gasteiger partial charge in [0, 0.05) is 25.5 Å². The number of carbonyl (C=O) groups excluding carboxylic acids is 1. The molecule has 0 aliphatic carbocycles. The van der Waals surface area contributed by atoms with Gasteiger partial charge in [0.15, 0.2) is 0 Å². The quantitative estimate of drug-likeness (QED) is 0.592. The van der Waals surface area contributed by atoms with Crippen molar-refractivity contribution in [2.75, 3.05) is 7.05 Å². The second-order valence-electron chi connectivity index (χ2n) is 1.92. The third-order valence-corrected chi connectivity index (χ3v) is 1.16. The normalized spacial score (nSPS) is 10.3. The largest absolute Gasteiger partial charge is 0.356 e. The maximum atomic E-state index is 10.7. The van der Waals surface area contributed by atoms with E-state index in [1.165, 1.54) is 6.08 Å². The Bertz CT molecular complexity index is 251. The number of amides is 1. The molecular formula is C7H9N3O. The maximum Gasteiger partial charge on any atom is 0.243 e. The van der Waals surface area contributed by atoms with Gasteiger partial charge in [-0.05, 0) is 6.08 Å². The predicted octanol–water partition coefficient (Wildman–Crippen LogP) is 0.169. The number of hydrogen-bond acceptors (Lipinski definition) is 2. The SMILES string of the molecule is CNC(=O)/C=C\c1ncc[nH]1. The van der Waals surface area contributed by atoms with Crippen LogP contribution in [0.5, 0.6) is 0 Å². The zero-order chi connectivity index (χ0) is 8.10. The number of nitrogens with one attached hydrogen (secondary N) is 2. The first-order valence-electron chi connectivity index (χ1n) is 3.22. The molecule has 0 fully saturated rings. The van der Waals surface area contributed by atoms with Gasteiger partial charge in [-0.3, -0.25) is 4.79 Å². The number of aromatic amines is 1. The van der Waals surface area contributed by atoms with E-state index in [0.29, 0.717) is 5.82 Å². The van der Waals surface area contributed by atoms with Crippen molar-refractivity contribution in [3.05, 3.63) is 24.3 Å². The van der Waals surface area contributed by atoms with Crippen molar-refractivity contribution < 1.29 is 4.79 Å². The van der Waals surface area contributed by atoms with E-state index in [0.717, 1.165) is 0 Å². The lowest BCUT2D eigenvalue weighted by atomic mass is 10.4. The Hall–Kier alpha value is -1.58. The van der Waals surface area contributed by atoms with Crippen LogP contribution in [0.4, 0.5) is 0 Å². The number of rotatable bonds is 2. The van der Waals surface area contributed by atoms with Gasteiger partial charge in [-0.2, -0.15) is 0 Å². The molecule has 1 heterocycles. The van der Waals surface area contributed by atoms with Crippen LogP contribution in [-0.2, 0) is 4.79 Å². The monoisotopic (exact) mass is 151 g/mol. The number of H-pyrrole nitrogens is 1. The molecule has 4 heteroatoms. The molecule has 0 radical (unpaired) electrons. The highest BCUT2D eigenvalue weighted by Crippen LogP contribution is 1.90. The minimum Gasteiger partial charge on any atom is -0.356 e. The molecule has 0 atom stereocenters. The highest BCUT2D eigenvalue weighted by molar-refractivity contribution is 5.90. The topological polar surface area (TPSA) is 57.8 Å². The van der Waals surface area contributed by atoms with Crippen LogP contribution in [0.1, 0.15) is 5.82 Å². The van der Waals surface area contributed by atoms with Gasteiger partial charge in [-0.1, -0.05) is 0 Å². The molecule has 4 nitrogen and oxygen atoms in total. The van der Waals surface area contributed by atoms with Crippen LogP contribution in [0.15, 0.2) is 18.5 Å². The zero-order valence-corrected chi connectivity index (χ0v) is 6.16. The summed E-state index contributed by atoms with van der Waals surface area (Å²) in [7, 11) is 1.58. The number of likely N-dealkylation sites (N-methyl/N-ethyl adjacent to an activating group) is 1. The number of hydrogen-bond donors (Lipinski definition) is 2. The number of nitrogens with zero attached hydrogens (tertiary/aromatic N) is 1. The Kier molecular flexibility index (Phi) is 2.43. The summed E-state index contributed by atoms with van der Waals surface area (Å²) < 4.78 is 0. The molecule has 0 bridgehead atoms. The van der Waals surface area contributed by atoms with Gasteiger partial charge in [-0.25, -0.2) is 4.98 Å². The van der Waals surface area contributed by atoms with E-state index < -0.39 is 0 Å². The van der Waals surface area contributed by atoms with Crippen LogP contribution < -0.4 is 5.32 Å². The van der Waals surface area contributed by atoms with Crippen LogP contribution in [0.25, 0.3) is 6.08 Å². The molecule has 1 rings (SSSR count). The van der Waals surface area contributed by atoms with Crippen LogP contribution in [-0.4, -0.2) is 22.9 Å². The lowest BCUT2D eigenvalue weighted by Gasteiger charge is -1.87. The Morgan fingerprint density at radius 2 is 2.64 bits per heavy atom. The smallest absolute Gasteiger partial charge is 0.243 e. The second kappa shape index (κ2) is 3.55. The second-order valence-corrected chi connectivity index (χ2v) is 1.92. The minimum absolute atomic E-state index is 0.138. The summed E-state index contributed by atoms with van der Waals surface area (Å²) in [5.41, 5.74) is 0. The molecule has 0 saturated heterocycles. The van der Waals surface area contributed by atoms with E-state index in [1.807, 2.05) is 0 Å². The van der Waals surface area contributed by atoms with Crippen LogP contribution in [0.3, 0.4) is 0 Å². The summed E-state index contributed by atoms with van der Waals surface area (Å²) in [5.74, 6) is 0.537. The molecule has 1 aromatic rings. The van der Waals surface area contributed by atoms with E-state index in [9.17, 15) is 4.79 Å². The van der Waals surface area contributed by atoms with E-state index in [-0.39, 0.29) is 5.91 Å². The lowest BCUT2D eigenvalue weighted by molar-refractivity contribution is -0.115. The van der Waals surface area contributed by atoms with Gasteiger partial charge in [-0.15, -0.1) is 0 Å². The summed E-state index contributed by atoms with van der Waals surface area (Å²) in [4.78, 5) is 17.4. The number of carbonyl (C=O) groups is 1. The Morgan fingerprint density at radius 3 is 3.18 bits per heavy atom. The van der Waals surface area contributed by atoms with Crippen molar-refractivity contribution in [1.82, 2.24) is 15.3 Å². The standard InChI is InChI=1S/C7H9N3O/c1-8-7(11)3-2-6-9-4-5-10-6/h2-5H,1H3,(H,8,11)(H,9,10)/b3-2-. The first-order chi connectivity index (χ1) is 5.33. The highest BCUT2D eigenvalue weighted by Gasteiger charge is 1.89. The van der Waals surface area contributed by atoms with Gasteiger partial charge in [0.2, 0.25) is 5.91 Å². The molecule has 58 valence electrons. The average Bonchev–Trinajstić information content (AvgIpc) is 2.52. The van der Waals surface area contributed by atoms with E-state index in [4.69, 9.17) is 0 Å². The van der Waals surface area contributed by atoms with Crippen molar-refractivity contribution in [1.29, 1.82) is 0 Å². The van der Waals surface area contributed by atoms with Crippen molar-refractivity contribution >= 4 is 12.0 Å². The summed E-state index contributed by atoms with van der Waals surface area (Å²) in [6, 6.07) is 0. The molecule has 0 aliphatic rings. The van der Waals surface area contributed by atoms with Crippen molar-refractivity contribution in [2.24, 2.45) is 0 Å². The fourth-order valence-corrected chi connectivity index (χ4v) is 0.607. The zero-order valence-electron chi connectivity index (χ0n) is 6.16. The number of aromatic nitrogens is 2. The third-order valence-electron chi connectivity index (χ3n) is 1.16. The predicted molar refractivity (Wildman–Crippen MR) is 41.7 cm³/mol. The first kappa shape index (κ1) is 7.53. The average molecular weight is 151 g/mol. The Balaban J connectivity index is 2.55. The fourth-order valence-electron chi connectivity index (χ4n) is 0.607. The maximum absolute atomic E-state index is 10.7. The lowest BCUT2D eigenvalue weighted by Crippen LogP contribution is -2.13. The minimum atomic E-state index is -0.138. The van der Waals surface area contributed by atoms with E-state index >= 15 is 0 Å². The first-order valence-corrected chi connectivity index (χ1v) is 3.22. The van der Waals surface area contributed by atoms with Crippen molar-refractivity contribution in [2.45, 2.75) is 0 Å². The fraction of sp³-hybridized carbons (Fsp3) is 0.143. The summed E-state index contributed by atoms with van der Waals surface area (Å²) in [6.07, 6.45) is 6.35. The molecule has 2 N–H and O–H groups in total. The molecule has 0 unspecified atom stereocenters. The highest BCUT2D eigenvalue weighted by atomic mass is 16.1. The van der Waals surface area contributed by atoms with Crippen LogP contribution >= 0.6 is 0 Å². The Morgan fingerprint density at radius 1 is 1.82 bits per heavy atom. The number of imidazole rings is 1. The van der Waals surface area contributed by atoms with Crippen molar-refractivity contribution in [3.63, 3.8) is 0 Å². The van der Waals surface area contributed by atoms with Gasteiger partial charge >= 0.3 is 0 Å². The van der Waals surface area contributed by atoms with Gasteiger partial charge in [0.25, 0.3) is 0 Å². The van der Waals surface area contributed by atoms with Crippen molar-refractivity contribution in [3.8, 4) is 0 Å². The molecule has 0 aliphatic heterocycles. The molecule has 1 amide bonds. The van der Waals surface area contributed by atoms with Gasteiger partial charge in [0.05, 0.1) is 0 Å². The molecule has 1 aromatic heterocycles. The molecule has 0 aromatic carbocycles. The van der Waals surface area contributed by atoms with Gasteiger partial charge < -0.3 is 10.3 Å². The molecular weight excluding hydrogens is 142 g/mol. The van der Waals surface area contributed by atoms with E-state index in [1.54, 1.807) is 25.5 Å². The van der Waals surface area contributed by atoms with Gasteiger partial charge in [0.1, 0.15) is 5.82 Å². The van der Waals surface area contributed by atoms with E-state index in [2.05, 4.69) is 15.3 Å². The molecule has 0 saturated carbocycles. The molecule has 11 heavy (non-hydrogen) atoms. The third kappa shape index (κ3) is 2.25. The summed E-state index contributed by atoms with van der Waals surface area (Å²) in [5, 5.41) is 2.46. The summed E-state index contributed by atoms with van der Waals surface area (Å²) >= 11 is 0. The van der Waals surface area contributed by atoms with Crippen LogP contribution in [0, 0.1) is 0 Å².